The fourth-order valence-electron chi connectivity index (χ4n) is 1.62. The van der Waals surface area contributed by atoms with E-state index in [0.717, 1.165) is 0 Å². The molecule has 0 heterocycles. The Hall–Kier alpha value is -1.69. The van der Waals surface area contributed by atoms with E-state index in [0.29, 0.717) is 12.1 Å². The zero-order chi connectivity index (χ0) is 14.3. The molecule has 106 valence electrons. The van der Waals surface area contributed by atoms with E-state index in [1.807, 2.05) is 0 Å². The standard InChI is InChI=1S/C13H18F2N2O2/c1-9(7-16-2)12(18)17-8-10-5-3-4-6-11(10)19-13(14)15/h3-6,9,13,16H,7-8H2,1-2H3,(H,17,18). The van der Waals surface area contributed by atoms with Crippen molar-refractivity contribution in [2.45, 2.75) is 20.1 Å². The van der Waals surface area contributed by atoms with Gasteiger partial charge < -0.3 is 15.4 Å². The lowest BCUT2D eigenvalue weighted by Gasteiger charge is -2.14. The molecule has 2 N–H and O–H groups in total. The van der Waals surface area contributed by atoms with Crippen LogP contribution in [0.15, 0.2) is 24.3 Å². The first-order chi connectivity index (χ1) is 9.04. The highest BCUT2D eigenvalue weighted by atomic mass is 19.3. The molecule has 4 nitrogen and oxygen atoms in total. The van der Waals surface area contributed by atoms with Gasteiger partial charge in [-0.3, -0.25) is 4.79 Å². The van der Waals surface area contributed by atoms with Crippen molar-refractivity contribution in [3.63, 3.8) is 0 Å². The number of hydrogen-bond acceptors (Lipinski definition) is 3. The Labute approximate surface area is 111 Å². The van der Waals surface area contributed by atoms with Crippen LogP contribution in [0.2, 0.25) is 0 Å². The smallest absolute Gasteiger partial charge is 0.387 e. The van der Waals surface area contributed by atoms with Crippen molar-refractivity contribution in [2.24, 2.45) is 5.92 Å². The lowest BCUT2D eigenvalue weighted by molar-refractivity contribution is -0.124. The van der Waals surface area contributed by atoms with Crippen molar-refractivity contribution < 1.29 is 18.3 Å². The number of nitrogens with one attached hydrogen (secondary N) is 2. The van der Waals surface area contributed by atoms with Crippen molar-refractivity contribution in [1.82, 2.24) is 10.6 Å². The monoisotopic (exact) mass is 272 g/mol. The lowest BCUT2D eigenvalue weighted by Crippen LogP contribution is -2.34. The topological polar surface area (TPSA) is 50.4 Å². The first-order valence-corrected chi connectivity index (χ1v) is 5.99. The minimum atomic E-state index is -2.87. The van der Waals surface area contributed by atoms with Crippen LogP contribution >= 0.6 is 0 Å². The average molecular weight is 272 g/mol. The van der Waals surface area contributed by atoms with E-state index >= 15 is 0 Å². The van der Waals surface area contributed by atoms with E-state index in [9.17, 15) is 13.6 Å². The van der Waals surface area contributed by atoms with Crippen LogP contribution < -0.4 is 15.4 Å². The van der Waals surface area contributed by atoms with Gasteiger partial charge in [0.25, 0.3) is 0 Å². The number of carbonyl (C=O) groups excluding carboxylic acids is 1. The second-order valence-corrected chi connectivity index (χ2v) is 4.16. The van der Waals surface area contributed by atoms with Crippen molar-refractivity contribution in [3.8, 4) is 5.75 Å². The summed E-state index contributed by atoms with van der Waals surface area (Å²) in [5.74, 6) is -0.242. The van der Waals surface area contributed by atoms with Gasteiger partial charge in [0.2, 0.25) is 5.91 Å². The molecule has 0 bridgehead atoms. The summed E-state index contributed by atoms with van der Waals surface area (Å²) in [6.07, 6.45) is 0. The first kappa shape index (κ1) is 15.4. The molecule has 19 heavy (non-hydrogen) atoms. The zero-order valence-corrected chi connectivity index (χ0v) is 11.0. The highest BCUT2D eigenvalue weighted by Crippen LogP contribution is 2.19. The number of benzene rings is 1. The van der Waals surface area contributed by atoms with Gasteiger partial charge in [-0.15, -0.1) is 0 Å². The predicted molar refractivity (Wildman–Crippen MR) is 68.0 cm³/mol. The van der Waals surface area contributed by atoms with Gasteiger partial charge in [-0.1, -0.05) is 25.1 Å². The number of halogens is 2. The van der Waals surface area contributed by atoms with Gasteiger partial charge in [0, 0.05) is 24.6 Å². The third kappa shape index (κ3) is 5.21. The van der Waals surface area contributed by atoms with Crippen LogP contribution in [0, 0.1) is 5.92 Å². The maximum absolute atomic E-state index is 12.2. The Balaban J connectivity index is 2.59. The fourth-order valence-corrected chi connectivity index (χ4v) is 1.62. The third-order valence-corrected chi connectivity index (χ3v) is 2.60. The van der Waals surface area contributed by atoms with E-state index in [2.05, 4.69) is 15.4 Å². The third-order valence-electron chi connectivity index (χ3n) is 2.60. The normalized spacial score (nSPS) is 12.3. The van der Waals surface area contributed by atoms with Gasteiger partial charge in [-0.05, 0) is 13.1 Å². The van der Waals surface area contributed by atoms with E-state index in [1.165, 1.54) is 6.07 Å². The maximum Gasteiger partial charge on any atom is 0.387 e. The van der Waals surface area contributed by atoms with Gasteiger partial charge in [-0.25, -0.2) is 0 Å². The Morgan fingerprint density at radius 1 is 1.37 bits per heavy atom. The van der Waals surface area contributed by atoms with E-state index in [4.69, 9.17) is 0 Å². The summed E-state index contributed by atoms with van der Waals surface area (Å²) in [4.78, 5) is 11.7. The summed E-state index contributed by atoms with van der Waals surface area (Å²) in [5.41, 5.74) is 0.521. The fraction of sp³-hybridized carbons (Fsp3) is 0.462. The Bertz CT molecular complexity index is 413. The summed E-state index contributed by atoms with van der Waals surface area (Å²) in [7, 11) is 1.76. The Morgan fingerprint density at radius 2 is 2.05 bits per heavy atom. The summed E-state index contributed by atoms with van der Waals surface area (Å²) in [6.45, 7) is -0.371. The van der Waals surface area contributed by atoms with Crippen LogP contribution in [0.4, 0.5) is 8.78 Å². The molecule has 0 aliphatic heterocycles. The molecular formula is C13H18F2N2O2. The molecule has 1 amide bonds. The number of amides is 1. The van der Waals surface area contributed by atoms with Crippen LogP contribution in [0.5, 0.6) is 5.75 Å². The molecule has 1 aromatic rings. The second kappa shape index (κ2) is 7.68. The number of para-hydroxylation sites is 1. The molecule has 1 rings (SSSR count). The van der Waals surface area contributed by atoms with Crippen LogP contribution in [0.1, 0.15) is 12.5 Å². The minimum Gasteiger partial charge on any atom is -0.434 e. The molecule has 0 fully saturated rings. The molecule has 0 spiro atoms. The number of carbonyl (C=O) groups is 1. The van der Waals surface area contributed by atoms with Gasteiger partial charge in [-0.2, -0.15) is 8.78 Å². The molecule has 6 heteroatoms. The molecule has 1 unspecified atom stereocenters. The maximum atomic E-state index is 12.2. The summed E-state index contributed by atoms with van der Waals surface area (Å²) in [6, 6.07) is 6.40. The Morgan fingerprint density at radius 3 is 2.68 bits per heavy atom. The number of rotatable bonds is 7. The van der Waals surface area contributed by atoms with E-state index in [1.54, 1.807) is 32.2 Å². The van der Waals surface area contributed by atoms with Gasteiger partial charge in [0.05, 0.1) is 0 Å². The minimum absolute atomic E-state index is 0.0825. The van der Waals surface area contributed by atoms with Gasteiger partial charge in [0.15, 0.2) is 0 Å². The zero-order valence-electron chi connectivity index (χ0n) is 11.0. The summed E-state index contributed by atoms with van der Waals surface area (Å²) in [5, 5.41) is 5.59. The summed E-state index contributed by atoms with van der Waals surface area (Å²) >= 11 is 0. The quantitative estimate of drug-likeness (QED) is 0.795. The van der Waals surface area contributed by atoms with E-state index < -0.39 is 6.61 Å². The molecule has 0 aliphatic rings. The molecule has 0 aliphatic carbocycles. The highest BCUT2D eigenvalue weighted by molar-refractivity contribution is 5.78. The van der Waals surface area contributed by atoms with Gasteiger partial charge in [0.1, 0.15) is 5.75 Å². The second-order valence-electron chi connectivity index (χ2n) is 4.16. The van der Waals surface area contributed by atoms with Crippen molar-refractivity contribution >= 4 is 5.91 Å². The van der Waals surface area contributed by atoms with Crippen molar-refractivity contribution in [2.75, 3.05) is 13.6 Å². The molecule has 0 radical (unpaired) electrons. The van der Waals surface area contributed by atoms with Crippen LogP contribution in [0.3, 0.4) is 0 Å². The molecule has 1 atom stereocenters. The van der Waals surface area contributed by atoms with Gasteiger partial charge >= 0.3 is 6.61 Å². The number of hydrogen-bond donors (Lipinski definition) is 2. The van der Waals surface area contributed by atoms with Crippen molar-refractivity contribution in [1.29, 1.82) is 0 Å². The van der Waals surface area contributed by atoms with Crippen molar-refractivity contribution in [3.05, 3.63) is 29.8 Å². The highest BCUT2D eigenvalue weighted by Gasteiger charge is 2.13. The number of alkyl halides is 2. The van der Waals surface area contributed by atoms with E-state index in [-0.39, 0.29) is 24.1 Å². The van der Waals surface area contributed by atoms with Crippen LogP contribution in [-0.4, -0.2) is 26.1 Å². The number of ether oxygens (including phenoxy) is 1. The molecule has 0 saturated carbocycles. The lowest BCUT2D eigenvalue weighted by atomic mass is 10.1. The molecular weight excluding hydrogens is 254 g/mol. The summed E-state index contributed by atoms with van der Waals surface area (Å²) < 4.78 is 28.8. The van der Waals surface area contributed by atoms with Crippen LogP contribution in [-0.2, 0) is 11.3 Å². The largest absolute Gasteiger partial charge is 0.434 e. The average Bonchev–Trinajstić information content (AvgIpc) is 2.37. The Kier molecular flexibility index (Phi) is 6.21. The SMILES string of the molecule is CNCC(C)C(=O)NCc1ccccc1OC(F)F. The molecule has 1 aromatic carbocycles. The molecule has 0 saturated heterocycles. The molecule has 0 aromatic heterocycles. The van der Waals surface area contributed by atoms with Crippen LogP contribution in [0.25, 0.3) is 0 Å². The predicted octanol–water partition coefficient (Wildman–Crippen LogP) is 1.76. The first-order valence-electron chi connectivity index (χ1n) is 5.99.